The molecule has 0 saturated carbocycles. The minimum absolute atomic E-state index is 0.431. The summed E-state index contributed by atoms with van der Waals surface area (Å²) >= 11 is 0. The Morgan fingerprint density at radius 1 is 1.33 bits per heavy atom. The first-order valence-electron chi connectivity index (χ1n) is 7.05. The van der Waals surface area contributed by atoms with Gasteiger partial charge in [-0.15, -0.1) is 0 Å². The summed E-state index contributed by atoms with van der Waals surface area (Å²) in [6, 6.07) is 8.80. The van der Waals surface area contributed by atoms with E-state index in [0.717, 1.165) is 24.0 Å². The molecule has 1 aromatic heterocycles. The highest BCUT2D eigenvalue weighted by Crippen LogP contribution is 2.21. The van der Waals surface area contributed by atoms with E-state index in [1.54, 1.807) is 6.20 Å². The summed E-state index contributed by atoms with van der Waals surface area (Å²) in [5.41, 5.74) is 7.35. The van der Waals surface area contributed by atoms with Gasteiger partial charge in [-0.3, -0.25) is 4.79 Å². The van der Waals surface area contributed by atoms with E-state index in [1.165, 1.54) is 0 Å². The predicted octanol–water partition coefficient (Wildman–Crippen LogP) is 2.38. The van der Waals surface area contributed by atoms with Gasteiger partial charge in [-0.05, 0) is 18.9 Å². The van der Waals surface area contributed by atoms with Gasteiger partial charge in [0.05, 0.1) is 0 Å². The van der Waals surface area contributed by atoms with Gasteiger partial charge in [-0.2, -0.15) is 0 Å². The van der Waals surface area contributed by atoms with Crippen LogP contribution < -0.4 is 11.1 Å². The number of rotatable bonds is 6. The summed E-state index contributed by atoms with van der Waals surface area (Å²) in [7, 11) is 0. The Balaban J connectivity index is 2.33. The number of primary amides is 1. The van der Waals surface area contributed by atoms with E-state index in [0.29, 0.717) is 11.6 Å². The van der Waals surface area contributed by atoms with E-state index in [-0.39, 0.29) is 0 Å². The molecule has 5 heteroatoms. The number of nitrogens with zero attached hydrogens (tertiary/aromatic N) is 2. The van der Waals surface area contributed by atoms with Crippen molar-refractivity contribution in [2.75, 3.05) is 5.32 Å². The Kier molecular flexibility index (Phi) is 4.87. The SMILES string of the molecule is CCCc1cnc(C)nc1N[C@H](C(N)=O)c1ccccc1. The lowest BCUT2D eigenvalue weighted by molar-refractivity contribution is -0.118. The smallest absolute Gasteiger partial charge is 0.244 e. The zero-order chi connectivity index (χ0) is 15.2. The van der Waals surface area contributed by atoms with E-state index in [9.17, 15) is 4.79 Å². The van der Waals surface area contributed by atoms with E-state index in [1.807, 2.05) is 37.3 Å². The highest BCUT2D eigenvalue weighted by atomic mass is 16.1. The van der Waals surface area contributed by atoms with Crippen LogP contribution in [0.1, 0.15) is 36.3 Å². The largest absolute Gasteiger partial charge is 0.368 e. The number of amides is 1. The second-order valence-corrected chi connectivity index (χ2v) is 4.93. The molecule has 0 unspecified atom stereocenters. The third-order valence-corrected chi connectivity index (χ3v) is 3.20. The van der Waals surface area contributed by atoms with Gasteiger partial charge in [-0.1, -0.05) is 43.7 Å². The lowest BCUT2D eigenvalue weighted by Gasteiger charge is -2.18. The van der Waals surface area contributed by atoms with Crippen LogP contribution in [0.3, 0.4) is 0 Å². The van der Waals surface area contributed by atoms with Crippen LogP contribution in [0.2, 0.25) is 0 Å². The molecule has 5 nitrogen and oxygen atoms in total. The first kappa shape index (κ1) is 15.0. The first-order chi connectivity index (χ1) is 10.1. The normalized spacial score (nSPS) is 11.9. The molecular formula is C16H20N4O. The molecule has 0 fully saturated rings. The molecule has 0 aliphatic heterocycles. The molecule has 1 amide bonds. The van der Waals surface area contributed by atoms with Gasteiger partial charge in [-0.25, -0.2) is 9.97 Å². The number of anilines is 1. The van der Waals surface area contributed by atoms with Crippen molar-refractivity contribution in [3.05, 3.63) is 53.5 Å². The Hall–Kier alpha value is -2.43. The molecule has 2 rings (SSSR count). The third kappa shape index (κ3) is 3.78. The number of hydrogen-bond acceptors (Lipinski definition) is 4. The molecule has 2 aromatic rings. The van der Waals surface area contributed by atoms with Crippen LogP contribution in [-0.2, 0) is 11.2 Å². The first-order valence-corrected chi connectivity index (χ1v) is 7.05. The molecule has 3 N–H and O–H groups in total. The summed E-state index contributed by atoms with van der Waals surface area (Å²) in [5, 5.41) is 3.16. The van der Waals surface area contributed by atoms with Crippen molar-refractivity contribution in [2.24, 2.45) is 5.73 Å². The van der Waals surface area contributed by atoms with Crippen molar-refractivity contribution in [1.82, 2.24) is 9.97 Å². The minimum Gasteiger partial charge on any atom is -0.368 e. The summed E-state index contributed by atoms with van der Waals surface area (Å²) in [5.74, 6) is 0.908. The lowest BCUT2D eigenvalue weighted by atomic mass is 10.1. The molecule has 1 atom stereocenters. The van der Waals surface area contributed by atoms with Crippen LogP contribution >= 0.6 is 0 Å². The molecule has 21 heavy (non-hydrogen) atoms. The molecular weight excluding hydrogens is 264 g/mol. The number of aromatic nitrogens is 2. The van der Waals surface area contributed by atoms with E-state index in [4.69, 9.17) is 5.73 Å². The maximum atomic E-state index is 11.8. The fraction of sp³-hybridized carbons (Fsp3) is 0.312. The minimum atomic E-state index is -0.601. The quantitative estimate of drug-likeness (QED) is 0.853. The van der Waals surface area contributed by atoms with Gasteiger partial charge in [0.2, 0.25) is 5.91 Å². The van der Waals surface area contributed by atoms with Gasteiger partial charge in [0.15, 0.2) is 0 Å². The molecule has 0 aliphatic rings. The summed E-state index contributed by atoms with van der Waals surface area (Å²) in [6.45, 7) is 3.91. The fourth-order valence-electron chi connectivity index (χ4n) is 2.17. The van der Waals surface area contributed by atoms with Crippen molar-refractivity contribution in [2.45, 2.75) is 32.7 Å². The number of benzene rings is 1. The van der Waals surface area contributed by atoms with Crippen molar-refractivity contribution in [1.29, 1.82) is 0 Å². The van der Waals surface area contributed by atoms with Crippen LogP contribution in [0, 0.1) is 6.92 Å². The standard InChI is InChI=1S/C16H20N4O/c1-3-7-13-10-18-11(2)19-16(13)20-14(15(17)21)12-8-5-4-6-9-12/h4-6,8-10,14H,3,7H2,1-2H3,(H2,17,21)(H,18,19,20)/t14-/m0/s1. The van der Waals surface area contributed by atoms with Crippen molar-refractivity contribution in [3.8, 4) is 0 Å². The molecule has 1 aromatic carbocycles. The van der Waals surface area contributed by atoms with E-state index < -0.39 is 11.9 Å². The Morgan fingerprint density at radius 3 is 2.67 bits per heavy atom. The number of aryl methyl sites for hydroxylation is 2. The Morgan fingerprint density at radius 2 is 2.05 bits per heavy atom. The van der Waals surface area contributed by atoms with E-state index in [2.05, 4.69) is 22.2 Å². The van der Waals surface area contributed by atoms with Gasteiger partial charge in [0, 0.05) is 11.8 Å². The molecule has 0 bridgehead atoms. The van der Waals surface area contributed by atoms with Crippen LogP contribution in [0.5, 0.6) is 0 Å². The van der Waals surface area contributed by atoms with Crippen LogP contribution in [-0.4, -0.2) is 15.9 Å². The summed E-state index contributed by atoms with van der Waals surface area (Å²) in [4.78, 5) is 20.4. The monoisotopic (exact) mass is 284 g/mol. The highest BCUT2D eigenvalue weighted by Gasteiger charge is 2.19. The average molecular weight is 284 g/mol. The van der Waals surface area contributed by atoms with Crippen molar-refractivity contribution in [3.63, 3.8) is 0 Å². The Bertz CT molecular complexity index is 613. The van der Waals surface area contributed by atoms with Gasteiger partial charge in [0.1, 0.15) is 17.7 Å². The second kappa shape index (κ2) is 6.83. The number of carbonyl (C=O) groups is 1. The molecule has 0 aliphatic carbocycles. The van der Waals surface area contributed by atoms with Crippen molar-refractivity contribution < 1.29 is 4.79 Å². The van der Waals surface area contributed by atoms with Gasteiger partial charge >= 0.3 is 0 Å². The summed E-state index contributed by atoms with van der Waals surface area (Å²) in [6.07, 6.45) is 3.63. The molecule has 1 heterocycles. The molecule has 0 radical (unpaired) electrons. The molecule has 110 valence electrons. The van der Waals surface area contributed by atoms with E-state index >= 15 is 0 Å². The third-order valence-electron chi connectivity index (χ3n) is 3.20. The fourth-order valence-corrected chi connectivity index (χ4v) is 2.17. The maximum absolute atomic E-state index is 11.8. The average Bonchev–Trinajstić information content (AvgIpc) is 2.48. The Labute approximate surface area is 124 Å². The summed E-state index contributed by atoms with van der Waals surface area (Å²) < 4.78 is 0. The van der Waals surface area contributed by atoms with Crippen molar-refractivity contribution >= 4 is 11.7 Å². The topological polar surface area (TPSA) is 80.9 Å². The lowest BCUT2D eigenvalue weighted by Crippen LogP contribution is -2.28. The number of nitrogens with one attached hydrogen (secondary N) is 1. The second-order valence-electron chi connectivity index (χ2n) is 4.93. The zero-order valence-electron chi connectivity index (χ0n) is 12.3. The van der Waals surface area contributed by atoms with Crippen LogP contribution in [0.15, 0.2) is 36.5 Å². The van der Waals surface area contributed by atoms with Gasteiger partial charge < -0.3 is 11.1 Å². The predicted molar refractivity (Wildman–Crippen MR) is 82.8 cm³/mol. The molecule has 0 saturated heterocycles. The van der Waals surface area contributed by atoms with Gasteiger partial charge in [0.25, 0.3) is 0 Å². The number of nitrogens with two attached hydrogens (primary N) is 1. The highest BCUT2D eigenvalue weighted by molar-refractivity contribution is 5.84. The zero-order valence-corrected chi connectivity index (χ0v) is 12.3. The van der Waals surface area contributed by atoms with Crippen LogP contribution in [0.4, 0.5) is 5.82 Å². The number of hydrogen-bond donors (Lipinski definition) is 2. The molecule has 0 spiro atoms. The number of carbonyl (C=O) groups excluding carboxylic acids is 1. The van der Waals surface area contributed by atoms with Crippen LogP contribution in [0.25, 0.3) is 0 Å². The maximum Gasteiger partial charge on any atom is 0.244 e.